The quantitative estimate of drug-likeness (QED) is 0.513. The molecule has 1 saturated carbocycles. The summed E-state index contributed by atoms with van der Waals surface area (Å²) < 4.78 is 15.8. The van der Waals surface area contributed by atoms with Crippen molar-refractivity contribution in [3.63, 3.8) is 0 Å². The number of rotatable bonds is 8. The summed E-state index contributed by atoms with van der Waals surface area (Å²) in [5.41, 5.74) is 5.04. The Morgan fingerprint density at radius 1 is 0.933 bits per heavy atom. The molecule has 0 unspecified atom stereocenters. The number of hydrogen-bond donors (Lipinski definition) is 2. The molecule has 0 atom stereocenters. The zero-order valence-corrected chi connectivity index (χ0v) is 17.4. The molecule has 2 amide bonds. The Balaban J connectivity index is 1.68. The van der Waals surface area contributed by atoms with Crippen molar-refractivity contribution in [1.29, 1.82) is 0 Å². The van der Waals surface area contributed by atoms with Gasteiger partial charge in [0.15, 0.2) is 11.5 Å². The van der Waals surface area contributed by atoms with Gasteiger partial charge in [-0.1, -0.05) is 12.1 Å². The number of nitrogens with one attached hydrogen (secondary N) is 2. The zero-order valence-electron chi connectivity index (χ0n) is 17.4. The third-order valence-electron chi connectivity index (χ3n) is 4.77. The van der Waals surface area contributed by atoms with Crippen molar-refractivity contribution in [3.05, 3.63) is 47.5 Å². The SMILES string of the molecule is COc1cc(C(=O)NN=C(C)c2ccc(NC(=O)C3CC3)cc2)cc(OC)c1OC. The first-order valence-corrected chi connectivity index (χ1v) is 9.52. The molecule has 2 aromatic rings. The molecule has 8 nitrogen and oxygen atoms in total. The Hall–Kier alpha value is -3.55. The Labute approximate surface area is 175 Å². The van der Waals surface area contributed by atoms with Gasteiger partial charge in [0.1, 0.15) is 0 Å². The normalized spacial score (nSPS) is 13.4. The van der Waals surface area contributed by atoms with Crippen LogP contribution >= 0.6 is 0 Å². The van der Waals surface area contributed by atoms with Crippen molar-refractivity contribution in [2.75, 3.05) is 26.6 Å². The smallest absolute Gasteiger partial charge is 0.271 e. The monoisotopic (exact) mass is 411 g/mol. The van der Waals surface area contributed by atoms with Crippen LogP contribution in [0.2, 0.25) is 0 Å². The average Bonchev–Trinajstić information content (AvgIpc) is 3.62. The molecule has 30 heavy (non-hydrogen) atoms. The summed E-state index contributed by atoms with van der Waals surface area (Å²) in [6.07, 6.45) is 1.92. The molecule has 0 radical (unpaired) electrons. The van der Waals surface area contributed by atoms with Crippen LogP contribution in [0.3, 0.4) is 0 Å². The molecule has 0 heterocycles. The van der Waals surface area contributed by atoms with Crippen molar-refractivity contribution in [2.24, 2.45) is 11.0 Å². The molecule has 1 aliphatic rings. The van der Waals surface area contributed by atoms with Crippen molar-refractivity contribution in [3.8, 4) is 17.2 Å². The second kappa shape index (κ2) is 9.30. The highest BCUT2D eigenvalue weighted by Gasteiger charge is 2.29. The lowest BCUT2D eigenvalue weighted by Gasteiger charge is -2.13. The van der Waals surface area contributed by atoms with Gasteiger partial charge in [0.2, 0.25) is 11.7 Å². The number of ether oxygens (including phenoxy) is 3. The van der Waals surface area contributed by atoms with E-state index in [1.54, 1.807) is 19.1 Å². The van der Waals surface area contributed by atoms with Gasteiger partial charge in [0, 0.05) is 17.2 Å². The highest BCUT2D eigenvalue weighted by Crippen LogP contribution is 2.38. The maximum atomic E-state index is 12.5. The van der Waals surface area contributed by atoms with Gasteiger partial charge in [0.05, 0.1) is 27.0 Å². The fraction of sp³-hybridized carbons (Fsp3) is 0.318. The van der Waals surface area contributed by atoms with Gasteiger partial charge in [-0.15, -0.1) is 0 Å². The van der Waals surface area contributed by atoms with Crippen molar-refractivity contribution in [1.82, 2.24) is 5.43 Å². The molecule has 0 bridgehead atoms. The molecular weight excluding hydrogens is 386 g/mol. The molecule has 2 N–H and O–H groups in total. The summed E-state index contributed by atoms with van der Waals surface area (Å²) >= 11 is 0. The molecule has 8 heteroatoms. The Kier molecular flexibility index (Phi) is 6.56. The lowest BCUT2D eigenvalue weighted by Crippen LogP contribution is -2.19. The largest absolute Gasteiger partial charge is 0.493 e. The summed E-state index contributed by atoms with van der Waals surface area (Å²) in [6, 6.07) is 10.4. The first-order valence-electron chi connectivity index (χ1n) is 9.52. The minimum atomic E-state index is -0.415. The van der Waals surface area contributed by atoms with Gasteiger partial charge in [-0.25, -0.2) is 5.43 Å². The molecule has 2 aromatic carbocycles. The fourth-order valence-electron chi connectivity index (χ4n) is 2.86. The van der Waals surface area contributed by atoms with E-state index >= 15 is 0 Å². The predicted octanol–water partition coefficient (Wildman–Crippen LogP) is 3.21. The van der Waals surface area contributed by atoms with E-state index in [0.717, 1.165) is 24.1 Å². The van der Waals surface area contributed by atoms with Crippen molar-refractivity contribution >= 4 is 23.2 Å². The van der Waals surface area contributed by atoms with Gasteiger partial charge in [-0.05, 0) is 49.6 Å². The summed E-state index contributed by atoms with van der Waals surface area (Å²) in [4.78, 5) is 24.4. The molecule has 0 aliphatic heterocycles. The van der Waals surface area contributed by atoms with Gasteiger partial charge in [-0.2, -0.15) is 5.10 Å². The minimum absolute atomic E-state index is 0.0609. The van der Waals surface area contributed by atoms with E-state index in [-0.39, 0.29) is 11.8 Å². The van der Waals surface area contributed by atoms with Crippen LogP contribution in [0, 0.1) is 5.92 Å². The van der Waals surface area contributed by atoms with Crippen LogP contribution in [0.5, 0.6) is 17.2 Å². The van der Waals surface area contributed by atoms with E-state index in [2.05, 4.69) is 15.8 Å². The van der Waals surface area contributed by atoms with E-state index in [0.29, 0.717) is 28.5 Å². The standard InChI is InChI=1S/C22H25N3O5/c1-13(14-7-9-17(10-8-14)23-21(26)15-5-6-15)24-25-22(27)16-11-18(28-2)20(30-4)19(12-16)29-3/h7-12,15H,5-6H2,1-4H3,(H,23,26)(H,25,27). The highest BCUT2D eigenvalue weighted by atomic mass is 16.5. The number of anilines is 1. The maximum absolute atomic E-state index is 12.5. The number of nitrogens with zero attached hydrogens (tertiary/aromatic N) is 1. The number of hydrazone groups is 1. The van der Waals surface area contributed by atoms with Crippen LogP contribution < -0.4 is 25.0 Å². The zero-order chi connectivity index (χ0) is 21.7. The van der Waals surface area contributed by atoms with Crippen LogP contribution in [0.1, 0.15) is 35.7 Å². The maximum Gasteiger partial charge on any atom is 0.271 e. The Bertz CT molecular complexity index is 940. The number of amides is 2. The average molecular weight is 411 g/mol. The summed E-state index contributed by atoms with van der Waals surface area (Å²) in [7, 11) is 4.46. The summed E-state index contributed by atoms with van der Waals surface area (Å²) in [6.45, 7) is 1.78. The second-order valence-electron chi connectivity index (χ2n) is 6.89. The second-order valence-corrected chi connectivity index (χ2v) is 6.89. The Morgan fingerprint density at radius 3 is 2.03 bits per heavy atom. The first kappa shape index (κ1) is 21.2. The topological polar surface area (TPSA) is 98.2 Å². The minimum Gasteiger partial charge on any atom is -0.493 e. The van der Waals surface area contributed by atoms with Gasteiger partial charge < -0.3 is 19.5 Å². The molecule has 0 aromatic heterocycles. The van der Waals surface area contributed by atoms with Crippen LogP contribution in [0.4, 0.5) is 5.69 Å². The van der Waals surface area contributed by atoms with E-state index in [1.165, 1.54) is 21.3 Å². The summed E-state index contributed by atoms with van der Waals surface area (Å²) in [5, 5.41) is 7.06. The van der Waals surface area contributed by atoms with Gasteiger partial charge in [0.25, 0.3) is 5.91 Å². The lowest BCUT2D eigenvalue weighted by atomic mass is 10.1. The molecule has 158 valence electrons. The van der Waals surface area contributed by atoms with Crippen molar-refractivity contribution < 1.29 is 23.8 Å². The molecule has 0 saturated heterocycles. The molecule has 1 aliphatic carbocycles. The number of benzene rings is 2. The highest BCUT2D eigenvalue weighted by molar-refractivity contribution is 6.02. The van der Waals surface area contributed by atoms with E-state index in [4.69, 9.17) is 14.2 Å². The van der Waals surface area contributed by atoms with Crippen LogP contribution in [0.25, 0.3) is 0 Å². The summed E-state index contributed by atoms with van der Waals surface area (Å²) in [5.74, 6) is 0.967. The molecule has 3 rings (SSSR count). The third-order valence-corrected chi connectivity index (χ3v) is 4.77. The number of carbonyl (C=O) groups excluding carboxylic acids is 2. The fourth-order valence-corrected chi connectivity index (χ4v) is 2.86. The number of methoxy groups -OCH3 is 3. The molecular formula is C22H25N3O5. The predicted molar refractivity (Wildman–Crippen MR) is 114 cm³/mol. The van der Waals surface area contributed by atoms with Crippen molar-refractivity contribution in [2.45, 2.75) is 19.8 Å². The van der Waals surface area contributed by atoms with Crippen LogP contribution in [0.15, 0.2) is 41.5 Å². The van der Waals surface area contributed by atoms with Gasteiger partial charge >= 0.3 is 0 Å². The number of carbonyl (C=O) groups is 2. The van der Waals surface area contributed by atoms with E-state index in [1.807, 2.05) is 24.3 Å². The molecule has 0 spiro atoms. The van der Waals surface area contributed by atoms with E-state index in [9.17, 15) is 9.59 Å². The van der Waals surface area contributed by atoms with E-state index < -0.39 is 5.91 Å². The number of hydrogen-bond acceptors (Lipinski definition) is 6. The van der Waals surface area contributed by atoms with Crippen LogP contribution in [-0.4, -0.2) is 38.9 Å². The third kappa shape index (κ3) is 4.89. The first-order chi connectivity index (χ1) is 14.5. The molecule has 1 fully saturated rings. The Morgan fingerprint density at radius 2 is 1.53 bits per heavy atom. The van der Waals surface area contributed by atoms with Crippen LogP contribution in [-0.2, 0) is 4.79 Å². The lowest BCUT2D eigenvalue weighted by molar-refractivity contribution is -0.117. The van der Waals surface area contributed by atoms with Gasteiger partial charge in [-0.3, -0.25) is 9.59 Å².